The number of thiocarbonyl (C=S) groups is 1. The van der Waals surface area contributed by atoms with E-state index in [0.717, 1.165) is 39.3 Å². The Morgan fingerprint density at radius 3 is 2.31 bits per heavy atom. The molecule has 0 saturated carbocycles. The van der Waals surface area contributed by atoms with Gasteiger partial charge >= 0.3 is 0 Å². The summed E-state index contributed by atoms with van der Waals surface area (Å²) in [6.45, 7) is 10.3. The minimum atomic E-state index is -0.714. The number of aryl methyl sites for hydroxylation is 5. The number of nitrogens with one attached hydrogen (secondary N) is 1. The summed E-state index contributed by atoms with van der Waals surface area (Å²) >= 11 is 5.85. The van der Waals surface area contributed by atoms with Gasteiger partial charge in [-0.05, 0) is 70.6 Å². The second-order valence-corrected chi connectivity index (χ2v) is 9.66. The lowest BCUT2D eigenvalue weighted by molar-refractivity contribution is -0.122. The first-order valence-electron chi connectivity index (χ1n) is 11.6. The van der Waals surface area contributed by atoms with Crippen molar-refractivity contribution in [2.45, 2.75) is 53.6 Å². The van der Waals surface area contributed by atoms with Crippen molar-refractivity contribution in [3.05, 3.63) is 76.1 Å². The summed E-state index contributed by atoms with van der Waals surface area (Å²) in [6.07, 6.45) is 0.0553. The highest BCUT2D eigenvalue weighted by Crippen LogP contribution is 2.29. The Bertz CT molecular complexity index is 1310. The van der Waals surface area contributed by atoms with Crippen molar-refractivity contribution < 1.29 is 9.59 Å². The average molecular weight is 490 g/mol. The molecule has 3 aromatic rings. The first-order chi connectivity index (χ1) is 16.6. The third-order valence-electron chi connectivity index (χ3n) is 6.66. The number of aromatic nitrogens is 2. The maximum atomic E-state index is 13.6. The quantitative estimate of drug-likeness (QED) is 0.421. The Kier molecular flexibility index (Phi) is 6.76. The van der Waals surface area contributed by atoms with Gasteiger partial charge in [0, 0.05) is 30.5 Å². The molecule has 0 spiro atoms. The van der Waals surface area contributed by atoms with Crippen LogP contribution in [-0.4, -0.2) is 37.6 Å². The van der Waals surface area contributed by atoms with Crippen molar-refractivity contribution in [3.8, 4) is 0 Å². The molecule has 0 unspecified atom stereocenters. The number of carbonyl (C=O) groups is 2. The van der Waals surface area contributed by atoms with E-state index in [0.29, 0.717) is 17.3 Å². The Balaban J connectivity index is 1.69. The summed E-state index contributed by atoms with van der Waals surface area (Å²) in [7, 11) is 1.89. The number of nitrogens with zero attached hydrogens (tertiary/aromatic N) is 4. The topological polar surface area (TPSA) is 70.5 Å². The van der Waals surface area contributed by atoms with E-state index in [9.17, 15) is 9.59 Å². The SMILES string of the molecule is Cc1ccc(N2C(=O)C[C@@H](N(Cc3c(C)nn(C)c3C)C(=S)Nc3ccc(C)cc3C)C2=O)cc1. The van der Waals surface area contributed by atoms with Gasteiger partial charge in [0.05, 0.1) is 17.8 Å². The van der Waals surface area contributed by atoms with Gasteiger partial charge in [-0.25, -0.2) is 4.90 Å². The van der Waals surface area contributed by atoms with Gasteiger partial charge in [0.2, 0.25) is 5.91 Å². The Labute approximate surface area is 211 Å². The largest absolute Gasteiger partial charge is 0.332 e. The first-order valence-corrected chi connectivity index (χ1v) is 12.0. The Hall–Kier alpha value is -3.52. The molecule has 0 bridgehead atoms. The average Bonchev–Trinajstić information content (AvgIpc) is 3.22. The van der Waals surface area contributed by atoms with Crippen molar-refractivity contribution in [3.63, 3.8) is 0 Å². The smallest absolute Gasteiger partial charge is 0.257 e. The fourth-order valence-electron chi connectivity index (χ4n) is 4.51. The van der Waals surface area contributed by atoms with Gasteiger partial charge < -0.3 is 10.2 Å². The highest BCUT2D eigenvalue weighted by atomic mass is 32.1. The zero-order valence-electron chi connectivity index (χ0n) is 21.0. The summed E-state index contributed by atoms with van der Waals surface area (Å²) < 4.78 is 1.82. The van der Waals surface area contributed by atoms with Gasteiger partial charge in [-0.2, -0.15) is 5.10 Å². The molecule has 4 rings (SSSR count). The normalized spacial score (nSPS) is 15.6. The van der Waals surface area contributed by atoms with Crippen LogP contribution in [-0.2, 0) is 23.2 Å². The molecule has 1 saturated heterocycles. The van der Waals surface area contributed by atoms with E-state index >= 15 is 0 Å². The molecule has 1 N–H and O–H groups in total. The number of amides is 2. The van der Waals surface area contributed by atoms with Gasteiger partial charge in [-0.3, -0.25) is 14.3 Å². The van der Waals surface area contributed by atoms with Crippen LogP contribution in [0.15, 0.2) is 42.5 Å². The number of benzene rings is 2. The number of imide groups is 1. The van der Waals surface area contributed by atoms with Crippen LogP contribution in [0.4, 0.5) is 11.4 Å². The molecule has 1 atom stereocenters. The van der Waals surface area contributed by atoms with Crippen molar-refractivity contribution in [2.75, 3.05) is 10.2 Å². The first kappa shape index (κ1) is 24.6. The molecule has 2 heterocycles. The van der Waals surface area contributed by atoms with E-state index in [1.165, 1.54) is 4.90 Å². The molecule has 7 nitrogen and oxygen atoms in total. The number of hydrogen-bond donors (Lipinski definition) is 1. The van der Waals surface area contributed by atoms with Crippen LogP contribution >= 0.6 is 12.2 Å². The van der Waals surface area contributed by atoms with Crippen LogP contribution in [0.1, 0.15) is 40.1 Å². The van der Waals surface area contributed by atoms with Crippen LogP contribution in [0.3, 0.4) is 0 Å². The zero-order valence-corrected chi connectivity index (χ0v) is 21.9. The predicted octanol–water partition coefficient (Wildman–Crippen LogP) is 4.49. The third kappa shape index (κ3) is 4.84. The van der Waals surface area contributed by atoms with Crippen molar-refractivity contribution in [2.24, 2.45) is 7.05 Å². The fourth-order valence-corrected chi connectivity index (χ4v) is 4.81. The molecule has 2 aromatic carbocycles. The molecule has 1 fully saturated rings. The molecule has 35 heavy (non-hydrogen) atoms. The van der Waals surface area contributed by atoms with Crippen LogP contribution in [0.2, 0.25) is 0 Å². The van der Waals surface area contributed by atoms with Gasteiger partial charge in [0.1, 0.15) is 6.04 Å². The van der Waals surface area contributed by atoms with Crippen molar-refractivity contribution in [1.29, 1.82) is 0 Å². The lowest BCUT2D eigenvalue weighted by atomic mass is 10.1. The molecule has 0 radical (unpaired) electrons. The van der Waals surface area contributed by atoms with Gasteiger partial charge in [0.15, 0.2) is 5.11 Å². The van der Waals surface area contributed by atoms with Gasteiger partial charge in [-0.1, -0.05) is 35.4 Å². The maximum Gasteiger partial charge on any atom is 0.257 e. The molecule has 2 amide bonds. The molecule has 8 heteroatoms. The van der Waals surface area contributed by atoms with E-state index < -0.39 is 6.04 Å². The minimum Gasteiger partial charge on any atom is -0.332 e. The lowest BCUT2D eigenvalue weighted by Gasteiger charge is -2.31. The second kappa shape index (κ2) is 9.62. The Morgan fingerprint density at radius 1 is 1.06 bits per heavy atom. The fraction of sp³-hybridized carbons (Fsp3) is 0.333. The molecule has 182 valence electrons. The molecule has 0 aliphatic carbocycles. The zero-order chi connectivity index (χ0) is 25.4. The molecular formula is C27H31N5O2S. The van der Waals surface area contributed by atoms with E-state index in [4.69, 9.17) is 12.2 Å². The molecule has 1 aromatic heterocycles. The molecule has 1 aliphatic heterocycles. The molecule has 1 aliphatic rings. The van der Waals surface area contributed by atoms with Crippen LogP contribution < -0.4 is 10.2 Å². The number of carbonyl (C=O) groups excluding carboxylic acids is 2. The summed E-state index contributed by atoms with van der Waals surface area (Å²) in [5.41, 5.74) is 7.58. The third-order valence-corrected chi connectivity index (χ3v) is 7.00. The maximum absolute atomic E-state index is 13.6. The van der Waals surface area contributed by atoms with Crippen LogP contribution in [0.25, 0.3) is 0 Å². The van der Waals surface area contributed by atoms with Crippen molar-refractivity contribution >= 4 is 40.5 Å². The van der Waals surface area contributed by atoms with E-state index in [1.807, 2.05) is 75.5 Å². The minimum absolute atomic E-state index is 0.0553. The molecular weight excluding hydrogens is 458 g/mol. The standard InChI is InChI=1S/C27H31N5O2S/c1-16-7-10-21(11-8-16)32-25(33)14-24(26(32)34)31(15-22-19(4)29-30(6)20(22)5)27(35)28-23-12-9-17(2)13-18(23)3/h7-13,24H,14-15H2,1-6H3,(H,28,35)/t24-/m1/s1. The number of anilines is 2. The lowest BCUT2D eigenvalue weighted by Crippen LogP contribution is -2.47. The predicted molar refractivity (Wildman–Crippen MR) is 142 cm³/mol. The highest BCUT2D eigenvalue weighted by Gasteiger charge is 2.44. The second-order valence-electron chi connectivity index (χ2n) is 9.27. The van der Waals surface area contributed by atoms with E-state index in [1.54, 1.807) is 12.1 Å². The summed E-state index contributed by atoms with van der Waals surface area (Å²) in [6, 6.07) is 12.8. The van der Waals surface area contributed by atoms with E-state index in [-0.39, 0.29) is 18.2 Å². The van der Waals surface area contributed by atoms with Crippen molar-refractivity contribution in [1.82, 2.24) is 14.7 Å². The summed E-state index contributed by atoms with van der Waals surface area (Å²) in [4.78, 5) is 29.8. The van der Waals surface area contributed by atoms with Crippen LogP contribution in [0, 0.1) is 34.6 Å². The Morgan fingerprint density at radius 2 is 1.71 bits per heavy atom. The summed E-state index contributed by atoms with van der Waals surface area (Å²) in [5.74, 6) is -0.509. The van der Waals surface area contributed by atoms with E-state index in [2.05, 4.69) is 16.5 Å². The van der Waals surface area contributed by atoms with Gasteiger partial charge in [0.25, 0.3) is 5.91 Å². The number of rotatable bonds is 5. The number of hydrogen-bond acceptors (Lipinski definition) is 4. The van der Waals surface area contributed by atoms with Crippen LogP contribution in [0.5, 0.6) is 0 Å². The highest BCUT2D eigenvalue weighted by molar-refractivity contribution is 7.80. The monoisotopic (exact) mass is 489 g/mol. The van der Waals surface area contributed by atoms with Gasteiger partial charge in [-0.15, -0.1) is 0 Å². The summed E-state index contributed by atoms with van der Waals surface area (Å²) in [5, 5.41) is 8.25.